The highest BCUT2D eigenvalue weighted by atomic mass is 127. The van der Waals surface area contributed by atoms with Crippen molar-refractivity contribution in [3.8, 4) is 5.75 Å². The monoisotopic (exact) mass is 583 g/mol. The Kier molecular flexibility index (Phi) is 7.44. The zero-order valence-electron chi connectivity index (χ0n) is 12.6. The minimum absolute atomic E-state index is 0.205. The van der Waals surface area contributed by atoms with Crippen LogP contribution >= 0.6 is 56.8 Å². The summed E-state index contributed by atoms with van der Waals surface area (Å²) in [5.41, 5.74) is 3.47. The first kappa shape index (κ1) is 19.9. The molecule has 0 saturated heterocycles. The number of hydrogen-bond acceptors (Lipinski definition) is 4. The van der Waals surface area contributed by atoms with Crippen LogP contribution in [0.4, 0.5) is 0 Å². The molecule has 0 saturated carbocycles. The highest BCUT2D eigenvalue weighted by Gasteiger charge is 2.08. The third-order valence-corrected chi connectivity index (χ3v) is 4.85. The van der Waals surface area contributed by atoms with Crippen molar-refractivity contribution in [3.63, 3.8) is 0 Å². The number of nitrogens with one attached hydrogen (secondary N) is 2. The van der Waals surface area contributed by atoms with E-state index in [-0.39, 0.29) is 18.2 Å². The highest BCUT2D eigenvalue weighted by Crippen LogP contribution is 2.26. The van der Waals surface area contributed by atoms with E-state index in [0.29, 0.717) is 17.7 Å². The van der Waals surface area contributed by atoms with Crippen LogP contribution < -0.4 is 10.7 Å². The molecule has 0 radical (unpaired) electrons. The SMILES string of the molecule is O=C(CNC(=O)c1ccc(Cl)cc1)N/N=C/c1cc(I)c(O)c(I)c1. The van der Waals surface area contributed by atoms with Crippen LogP contribution in [0.25, 0.3) is 0 Å². The van der Waals surface area contributed by atoms with Crippen molar-refractivity contribution in [3.05, 3.63) is 59.7 Å². The fourth-order valence-corrected chi connectivity index (χ4v) is 3.68. The maximum Gasteiger partial charge on any atom is 0.259 e. The quantitative estimate of drug-likeness (QED) is 0.287. The summed E-state index contributed by atoms with van der Waals surface area (Å²) in [6.45, 7) is -0.205. The summed E-state index contributed by atoms with van der Waals surface area (Å²) in [6, 6.07) is 9.80. The van der Waals surface area contributed by atoms with E-state index in [1.165, 1.54) is 6.21 Å². The number of benzene rings is 2. The van der Waals surface area contributed by atoms with Gasteiger partial charge in [0.1, 0.15) is 5.75 Å². The van der Waals surface area contributed by atoms with Gasteiger partial charge in [-0.1, -0.05) is 11.6 Å². The van der Waals surface area contributed by atoms with Gasteiger partial charge in [-0.3, -0.25) is 9.59 Å². The molecule has 2 amide bonds. The smallest absolute Gasteiger partial charge is 0.259 e. The second-order valence-electron chi connectivity index (χ2n) is 4.82. The average molecular weight is 584 g/mol. The van der Waals surface area contributed by atoms with Crippen LogP contribution in [-0.4, -0.2) is 29.7 Å². The third kappa shape index (κ3) is 6.12. The zero-order valence-corrected chi connectivity index (χ0v) is 17.7. The minimum Gasteiger partial charge on any atom is -0.506 e. The predicted molar refractivity (Wildman–Crippen MR) is 113 cm³/mol. The molecular formula is C16H12ClI2N3O3. The Balaban J connectivity index is 1.84. The number of halogens is 3. The van der Waals surface area contributed by atoms with E-state index in [1.807, 2.05) is 45.2 Å². The average Bonchev–Trinajstić information content (AvgIpc) is 2.58. The van der Waals surface area contributed by atoms with Gasteiger partial charge in [0.2, 0.25) is 0 Å². The molecular weight excluding hydrogens is 571 g/mol. The summed E-state index contributed by atoms with van der Waals surface area (Å²) in [5.74, 6) is -0.618. The Bertz CT molecular complexity index is 803. The van der Waals surface area contributed by atoms with Gasteiger partial charge < -0.3 is 10.4 Å². The van der Waals surface area contributed by atoms with E-state index < -0.39 is 5.91 Å². The van der Waals surface area contributed by atoms with E-state index in [1.54, 1.807) is 36.4 Å². The van der Waals surface area contributed by atoms with Crippen LogP contribution in [0.1, 0.15) is 15.9 Å². The Hall–Kier alpha value is -1.40. The van der Waals surface area contributed by atoms with Gasteiger partial charge in [-0.05, 0) is 87.1 Å². The normalized spacial score (nSPS) is 10.7. The number of phenols is 1. The molecule has 2 aromatic carbocycles. The lowest BCUT2D eigenvalue weighted by Gasteiger charge is -2.05. The molecule has 0 atom stereocenters. The molecule has 0 aliphatic heterocycles. The molecule has 25 heavy (non-hydrogen) atoms. The van der Waals surface area contributed by atoms with Gasteiger partial charge in [0.15, 0.2) is 0 Å². The van der Waals surface area contributed by atoms with Crippen LogP contribution in [0.3, 0.4) is 0 Å². The van der Waals surface area contributed by atoms with Crippen LogP contribution in [0, 0.1) is 7.14 Å². The van der Waals surface area contributed by atoms with E-state index in [9.17, 15) is 14.7 Å². The molecule has 0 aliphatic rings. The molecule has 2 rings (SSSR count). The molecule has 130 valence electrons. The first-order valence-corrected chi connectivity index (χ1v) is 9.44. The molecule has 0 bridgehead atoms. The van der Waals surface area contributed by atoms with Crippen molar-refractivity contribution in [1.82, 2.24) is 10.7 Å². The maximum absolute atomic E-state index is 11.9. The second-order valence-corrected chi connectivity index (χ2v) is 7.58. The number of aromatic hydroxyl groups is 1. The molecule has 0 aliphatic carbocycles. The van der Waals surface area contributed by atoms with Gasteiger partial charge in [-0.25, -0.2) is 5.43 Å². The lowest BCUT2D eigenvalue weighted by Crippen LogP contribution is -2.34. The molecule has 9 heteroatoms. The third-order valence-electron chi connectivity index (χ3n) is 2.96. The number of hydrazone groups is 1. The van der Waals surface area contributed by atoms with E-state index in [2.05, 4.69) is 15.8 Å². The molecule has 2 aromatic rings. The van der Waals surface area contributed by atoms with Gasteiger partial charge in [-0.2, -0.15) is 5.10 Å². The summed E-state index contributed by atoms with van der Waals surface area (Å²) < 4.78 is 1.38. The minimum atomic E-state index is -0.457. The van der Waals surface area contributed by atoms with Gasteiger partial charge in [-0.15, -0.1) is 0 Å². The van der Waals surface area contributed by atoms with E-state index in [0.717, 1.165) is 5.56 Å². The van der Waals surface area contributed by atoms with Gasteiger partial charge >= 0.3 is 0 Å². The molecule has 0 spiro atoms. The molecule has 0 unspecified atom stereocenters. The molecule has 0 heterocycles. The zero-order chi connectivity index (χ0) is 18.4. The van der Waals surface area contributed by atoms with Crippen LogP contribution in [-0.2, 0) is 4.79 Å². The number of carbonyl (C=O) groups is 2. The second kappa shape index (κ2) is 9.34. The summed E-state index contributed by atoms with van der Waals surface area (Å²) in [5, 5.41) is 16.6. The fourth-order valence-electron chi connectivity index (χ4n) is 1.74. The Labute approximate surface area is 176 Å². The fraction of sp³-hybridized carbons (Fsp3) is 0.0625. The van der Waals surface area contributed by atoms with E-state index >= 15 is 0 Å². The van der Waals surface area contributed by atoms with Gasteiger partial charge in [0, 0.05) is 10.6 Å². The summed E-state index contributed by atoms with van der Waals surface area (Å²) >= 11 is 9.77. The number of phenolic OH excluding ortho intramolecular Hbond substituents is 1. The Morgan fingerprint density at radius 3 is 2.36 bits per heavy atom. The van der Waals surface area contributed by atoms with Crippen molar-refractivity contribution in [2.45, 2.75) is 0 Å². The van der Waals surface area contributed by atoms with Crippen molar-refractivity contribution in [2.24, 2.45) is 5.10 Å². The van der Waals surface area contributed by atoms with Crippen molar-refractivity contribution in [1.29, 1.82) is 0 Å². The Morgan fingerprint density at radius 2 is 1.76 bits per heavy atom. The number of amides is 2. The van der Waals surface area contributed by atoms with Crippen molar-refractivity contribution < 1.29 is 14.7 Å². The molecule has 6 nitrogen and oxygen atoms in total. The predicted octanol–water partition coefficient (Wildman–Crippen LogP) is 3.13. The number of nitrogens with zero attached hydrogens (tertiary/aromatic N) is 1. The number of hydrogen-bond donors (Lipinski definition) is 3. The lowest BCUT2D eigenvalue weighted by atomic mass is 10.2. The topological polar surface area (TPSA) is 90.8 Å². The number of rotatable bonds is 5. The van der Waals surface area contributed by atoms with Crippen molar-refractivity contribution >= 4 is 74.8 Å². The van der Waals surface area contributed by atoms with E-state index in [4.69, 9.17) is 11.6 Å². The molecule has 0 fully saturated rings. The largest absolute Gasteiger partial charge is 0.506 e. The lowest BCUT2D eigenvalue weighted by molar-refractivity contribution is -0.120. The standard InChI is InChI=1S/C16H12ClI2N3O3/c17-11-3-1-10(2-4-11)16(25)20-8-14(23)22-21-7-9-5-12(18)15(24)13(19)6-9/h1-7,24H,8H2,(H,20,25)(H,22,23)/b21-7+. The molecule has 3 N–H and O–H groups in total. The van der Waals surface area contributed by atoms with Crippen LogP contribution in [0.15, 0.2) is 41.5 Å². The Morgan fingerprint density at radius 1 is 1.16 bits per heavy atom. The molecule has 0 aromatic heterocycles. The number of carbonyl (C=O) groups excluding carboxylic acids is 2. The maximum atomic E-state index is 11.9. The van der Waals surface area contributed by atoms with Gasteiger partial charge in [0.25, 0.3) is 11.8 Å². The highest BCUT2D eigenvalue weighted by molar-refractivity contribution is 14.1. The summed E-state index contributed by atoms with van der Waals surface area (Å²) in [4.78, 5) is 23.6. The van der Waals surface area contributed by atoms with Crippen LogP contribution in [0.2, 0.25) is 5.02 Å². The summed E-state index contributed by atoms with van der Waals surface area (Å²) in [7, 11) is 0. The van der Waals surface area contributed by atoms with Crippen LogP contribution in [0.5, 0.6) is 5.75 Å². The van der Waals surface area contributed by atoms with Gasteiger partial charge in [0.05, 0.1) is 19.9 Å². The first-order valence-electron chi connectivity index (χ1n) is 6.90. The van der Waals surface area contributed by atoms with Crippen molar-refractivity contribution in [2.75, 3.05) is 6.54 Å². The summed E-state index contributed by atoms with van der Waals surface area (Å²) in [6.07, 6.45) is 1.46. The first-order chi connectivity index (χ1) is 11.9.